The van der Waals surface area contributed by atoms with E-state index >= 15 is 0 Å². The molecule has 1 aliphatic heterocycles. The average molecular weight is 631 g/mol. The van der Waals surface area contributed by atoms with Gasteiger partial charge in [-0.3, -0.25) is 9.69 Å². The fourth-order valence-electron chi connectivity index (χ4n) is 4.31. The molecule has 0 aliphatic carbocycles. The number of carbonyl (C=O) groups excluding carboxylic acids is 1. The SMILES string of the molecule is N#Cc1cc(I)c2oc(-c3ccc(NC(=O)CN4CCN(c5ccc(C(F)(F)F)cc5)CC4)cc3)nc2c1. The maximum absolute atomic E-state index is 12.8. The Morgan fingerprint density at radius 1 is 1.05 bits per heavy atom. The third kappa shape index (κ3) is 5.76. The number of nitrogens with one attached hydrogen (secondary N) is 1. The number of anilines is 2. The Hall–Kier alpha value is -3.63. The van der Waals surface area contributed by atoms with Crippen molar-refractivity contribution in [3.63, 3.8) is 0 Å². The average Bonchev–Trinajstić information content (AvgIpc) is 3.34. The van der Waals surface area contributed by atoms with Crippen molar-refractivity contribution < 1.29 is 22.4 Å². The van der Waals surface area contributed by atoms with Gasteiger partial charge in [0.25, 0.3) is 0 Å². The molecule has 0 atom stereocenters. The van der Waals surface area contributed by atoms with E-state index in [2.05, 4.69) is 39.0 Å². The van der Waals surface area contributed by atoms with Crippen LogP contribution < -0.4 is 10.2 Å². The highest BCUT2D eigenvalue weighted by Crippen LogP contribution is 2.31. The minimum Gasteiger partial charge on any atom is -0.435 e. The van der Waals surface area contributed by atoms with Crippen molar-refractivity contribution in [1.82, 2.24) is 9.88 Å². The van der Waals surface area contributed by atoms with Gasteiger partial charge in [0, 0.05) is 43.1 Å². The number of hydrogen-bond acceptors (Lipinski definition) is 6. The largest absolute Gasteiger partial charge is 0.435 e. The van der Waals surface area contributed by atoms with E-state index in [0.717, 1.165) is 27.0 Å². The number of amides is 1. The predicted molar refractivity (Wildman–Crippen MR) is 146 cm³/mol. The Balaban J connectivity index is 1.14. The van der Waals surface area contributed by atoms with E-state index in [1.54, 1.807) is 36.4 Å². The molecule has 1 saturated heterocycles. The zero-order chi connectivity index (χ0) is 26.9. The monoisotopic (exact) mass is 631 g/mol. The van der Waals surface area contributed by atoms with Crippen LogP contribution in [0.25, 0.3) is 22.6 Å². The van der Waals surface area contributed by atoms with Gasteiger partial charge in [-0.1, -0.05) is 0 Å². The van der Waals surface area contributed by atoms with E-state index in [1.165, 1.54) is 12.1 Å². The molecule has 2 heterocycles. The summed E-state index contributed by atoms with van der Waals surface area (Å²) < 4.78 is 45.1. The summed E-state index contributed by atoms with van der Waals surface area (Å²) in [7, 11) is 0. The van der Waals surface area contributed by atoms with Gasteiger partial charge in [-0.25, -0.2) is 4.98 Å². The van der Waals surface area contributed by atoms with Crippen molar-refractivity contribution in [1.29, 1.82) is 5.26 Å². The van der Waals surface area contributed by atoms with Crippen LogP contribution in [0.3, 0.4) is 0 Å². The maximum atomic E-state index is 12.8. The summed E-state index contributed by atoms with van der Waals surface area (Å²) in [5.74, 6) is 0.276. The summed E-state index contributed by atoms with van der Waals surface area (Å²) in [5.41, 5.74) is 3.20. The van der Waals surface area contributed by atoms with Crippen LogP contribution in [0, 0.1) is 14.9 Å². The lowest BCUT2D eigenvalue weighted by atomic mass is 10.1. The molecule has 4 aromatic rings. The van der Waals surface area contributed by atoms with Crippen LogP contribution in [0.1, 0.15) is 11.1 Å². The summed E-state index contributed by atoms with van der Waals surface area (Å²) in [6, 6.07) is 17.9. The Morgan fingerprint density at radius 3 is 2.37 bits per heavy atom. The molecule has 5 rings (SSSR count). The molecule has 1 N–H and O–H groups in total. The Bertz CT molecular complexity index is 1500. The number of oxazole rings is 1. The van der Waals surface area contributed by atoms with Crippen LogP contribution in [0.2, 0.25) is 0 Å². The normalized spacial score (nSPS) is 14.4. The quantitative estimate of drug-likeness (QED) is 0.283. The van der Waals surface area contributed by atoms with Gasteiger partial charge in [0.1, 0.15) is 5.52 Å². The summed E-state index contributed by atoms with van der Waals surface area (Å²) in [5, 5.41) is 12.1. The smallest absolute Gasteiger partial charge is 0.416 e. The summed E-state index contributed by atoms with van der Waals surface area (Å²) >= 11 is 2.11. The summed E-state index contributed by atoms with van der Waals surface area (Å²) in [6.45, 7) is 2.70. The molecular formula is C27H21F3IN5O2. The molecule has 38 heavy (non-hydrogen) atoms. The first-order chi connectivity index (χ1) is 18.2. The van der Waals surface area contributed by atoms with Crippen molar-refractivity contribution in [3.05, 3.63) is 75.4 Å². The zero-order valence-electron chi connectivity index (χ0n) is 19.9. The van der Waals surface area contributed by atoms with Crippen LogP contribution in [-0.2, 0) is 11.0 Å². The lowest BCUT2D eigenvalue weighted by Gasteiger charge is -2.35. The maximum Gasteiger partial charge on any atom is 0.416 e. The number of benzene rings is 3. The highest BCUT2D eigenvalue weighted by atomic mass is 127. The number of fused-ring (bicyclic) bond motifs is 1. The molecule has 11 heteroatoms. The lowest BCUT2D eigenvalue weighted by Crippen LogP contribution is -2.48. The molecular weight excluding hydrogens is 610 g/mol. The van der Waals surface area contributed by atoms with Gasteiger partial charge < -0.3 is 14.6 Å². The van der Waals surface area contributed by atoms with Crippen LogP contribution in [0.15, 0.2) is 65.1 Å². The number of piperazine rings is 1. The first-order valence-corrected chi connectivity index (χ1v) is 12.8. The van der Waals surface area contributed by atoms with Crippen molar-refractivity contribution >= 4 is 51.0 Å². The molecule has 1 amide bonds. The van der Waals surface area contributed by atoms with E-state index in [1.807, 2.05) is 9.80 Å². The van der Waals surface area contributed by atoms with Gasteiger partial charge in [0.15, 0.2) is 5.58 Å². The molecule has 3 aromatic carbocycles. The van der Waals surface area contributed by atoms with Gasteiger partial charge in [-0.2, -0.15) is 18.4 Å². The van der Waals surface area contributed by atoms with Crippen LogP contribution in [0.4, 0.5) is 24.5 Å². The number of carbonyl (C=O) groups is 1. The second kappa shape index (κ2) is 10.6. The minimum absolute atomic E-state index is 0.152. The van der Waals surface area contributed by atoms with E-state index in [-0.39, 0.29) is 12.5 Å². The second-order valence-corrected chi connectivity index (χ2v) is 10.0. The van der Waals surface area contributed by atoms with Crippen LogP contribution >= 0.6 is 22.6 Å². The van der Waals surface area contributed by atoms with Gasteiger partial charge >= 0.3 is 6.18 Å². The Labute approximate surface area is 230 Å². The molecule has 0 radical (unpaired) electrons. The standard InChI is InChI=1S/C27H21F3IN5O2/c28-27(29,30)19-3-7-21(8-4-19)36-11-9-35(10-12-36)16-24(37)33-20-5-1-18(2-6-20)26-34-23-14-17(15-32)13-22(31)25(23)38-26/h1-8,13-14H,9-12,16H2,(H,33,37). The number of aromatic nitrogens is 1. The third-order valence-electron chi connectivity index (χ3n) is 6.29. The molecule has 0 bridgehead atoms. The topological polar surface area (TPSA) is 85.4 Å². The number of nitriles is 1. The van der Waals surface area contributed by atoms with Gasteiger partial charge in [0.05, 0.1) is 27.3 Å². The first-order valence-electron chi connectivity index (χ1n) is 11.7. The zero-order valence-corrected chi connectivity index (χ0v) is 22.1. The molecule has 1 aromatic heterocycles. The predicted octanol–water partition coefficient (Wildman–Crippen LogP) is 5.75. The van der Waals surface area contributed by atoms with E-state index < -0.39 is 11.7 Å². The van der Waals surface area contributed by atoms with Gasteiger partial charge in [-0.15, -0.1) is 0 Å². The van der Waals surface area contributed by atoms with Crippen molar-refractivity contribution in [2.24, 2.45) is 0 Å². The van der Waals surface area contributed by atoms with E-state index in [4.69, 9.17) is 9.68 Å². The second-order valence-electron chi connectivity index (χ2n) is 8.87. The number of hydrogen-bond donors (Lipinski definition) is 1. The van der Waals surface area contributed by atoms with Crippen LogP contribution in [-0.4, -0.2) is 48.5 Å². The van der Waals surface area contributed by atoms with Crippen molar-refractivity contribution in [3.8, 4) is 17.5 Å². The molecule has 0 saturated carbocycles. The highest BCUT2D eigenvalue weighted by Gasteiger charge is 2.30. The van der Waals surface area contributed by atoms with Crippen LogP contribution in [0.5, 0.6) is 0 Å². The van der Waals surface area contributed by atoms with Crippen molar-refractivity contribution in [2.45, 2.75) is 6.18 Å². The first kappa shape index (κ1) is 26.0. The van der Waals surface area contributed by atoms with Crippen molar-refractivity contribution in [2.75, 3.05) is 42.9 Å². The number of rotatable bonds is 5. The molecule has 1 fully saturated rings. The fraction of sp³-hybridized carbons (Fsp3) is 0.222. The van der Waals surface area contributed by atoms with Gasteiger partial charge in [0.2, 0.25) is 11.8 Å². The Morgan fingerprint density at radius 2 is 1.74 bits per heavy atom. The van der Waals surface area contributed by atoms with E-state index in [9.17, 15) is 18.0 Å². The third-order valence-corrected chi connectivity index (χ3v) is 7.09. The Kier molecular flexibility index (Phi) is 7.27. The number of alkyl halides is 3. The van der Waals surface area contributed by atoms with Gasteiger partial charge in [-0.05, 0) is 83.3 Å². The lowest BCUT2D eigenvalue weighted by molar-refractivity contribution is -0.137. The highest BCUT2D eigenvalue weighted by molar-refractivity contribution is 14.1. The molecule has 0 unspecified atom stereocenters. The number of nitrogens with zero attached hydrogens (tertiary/aromatic N) is 4. The van der Waals surface area contributed by atoms with E-state index in [0.29, 0.717) is 54.4 Å². The molecule has 0 spiro atoms. The molecule has 7 nitrogen and oxygen atoms in total. The molecule has 1 aliphatic rings. The fourth-order valence-corrected chi connectivity index (χ4v) is 5.03. The summed E-state index contributed by atoms with van der Waals surface area (Å²) in [6.07, 6.45) is -4.35. The summed E-state index contributed by atoms with van der Waals surface area (Å²) in [4.78, 5) is 21.1. The minimum atomic E-state index is -4.35. The molecule has 194 valence electrons. The number of halogens is 4.